The van der Waals surface area contributed by atoms with Crippen LogP contribution in [0.15, 0.2) is 18.2 Å². The Bertz CT molecular complexity index is 579. The van der Waals surface area contributed by atoms with E-state index in [1.165, 1.54) is 6.92 Å². The van der Waals surface area contributed by atoms with E-state index in [1.54, 1.807) is 23.1 Å². The molecule has 0 spiro atoms. The fourth-order valence-electron chi connectivity index (χ4n) is 3.00. The van der Waals surface area contributed by atoms with Crippen molar-refractivity contribution in [3.05, 3.63) is 23.8 Å². The second kappa shape index (κ2) is 5.48. The molecule has 5 nitrogen and oxygen atoms in total. The number of Topliss-reactive ketones (excluding diaryl/α,β-unsaturated/α-hetero) is 1. The van der Waals surface area contributed by atoms with Gasteiger partial charge in [0.2, 0.25) is 5.91 Å². The van der Waals surface area contributed by atoms with Crippen molar-refractivity contribution >= 4 is 17.4 Å². The zero-order chi connectivity index (χ0) is 15.0. The highest BCUT2D eigenvalue weighted by Gasteiger charge is 2.28. The summed E-state index contributed by atoms with van der Waals surface area (Å²) in [6.07, 6.45) is 1.86. The SMILES string of the molecule is CC(=O)N1CC(C)Oc2ccc(C(=O)C3CCCN3)cc21. The summed E-state index contributed by atoms with van der Waals surface area (Å²) < 4.78 is 5.75. The zero-order valence-corrected chi connectivity index (χ0v) is 12.4. The molecule has 0 bridgehead atoms. The van der Waals surface area contributed by atoms with Crippen LogP contribution in [0.2, 0.25) is 0 Å². The molecule has 1 aromatic carbocycles. The number of ether oxygens (including phenoxy) is 1. The smallest absolute Gasteiger partial charge is 0.224 e. The number of hydrogen-bond acceptors (Lipinski definition) is 4. The van der Waals surface area contributed by atoms with Crippen LogP contribution < -0.4 is 15.0 Å². The molecule has 0 radical (unpaired) electrons. The van der Waals surface area contributed by atoms with E-state index in [-0.39, 0.29) is 23.8 Å². The average Bonchev–Trinajstić information content (AvgIpc) is 2.99. The Morgan fingerprint density at radius 3 is 2.86 bits per heavy atom. The number of amides is 1. The molecule has 0 aliphatic carbocycles. The largest absolute Gasteiger partial charge is 0.487 e. The Morgan fingerprint density at radius 1 is 1.38 bits per heavy atom. The first-order chi connectivity index (χ1) is 10.1. The van der Waals surface area contributed by atoms with Crippen molar-refractivity contribution in [3.63, 3.8) is 0 Å². The molecule has 1 N–H and O–H groups in total. The maximum absolute atomic E-state index is 12.5. The van der Waals surface area contributed by atoms with Gasteiger partial charge in [0.1, 0.15) is 11.9 Å². The van der Waals surface area contributed by atoms with Gasteiger partial charge in [-0.25, -0.2) is 0 Å². The molecule has 5 heteroatoms. The van der Waals surface area contributed by atoms with Gasteiger partial charge < -0.3 is 15.0 Å². The van der Waals surface area contributed by atoms with Crippen molar-refractivity contribution in [2.24, 2.45) is 0 Å². The summed E-state index contributed by atoms with van der Waals surface area (Å²) in [6, 6.07) is 5.27. The van der Waals surface area contributed by atoms with E-state index in [1.807, 2.05) is 6.92 Å². The van der Waals surface area contributed by atoms with E-state index in [0.29, 0.717) is 23.5 Å². The minimum absolute atomic E-state index is 0.0324. The minimum atomic E-state index is -0.0998. The van der Waals surface area contributed by atoms with Crippen LogP contribution in [0, 0.1) is 0 Å². The standard InChI is InChI=1S/C16H20N2O3/c1-10-9-18(11(2)19)14-8-12(5-6-15(14)21-10)16(20)13-4-3-7-17-13/h5-6,8,10,13,17H,3-4,7,9H2,1-2H3. The number of nitrogens with zero attached hydrogens (tertiary/aromatic N) is 1. The Hall–Kier alpha value is -1.88. The zero-order valence-electron chi connectivity index (χ0n) is 12.4. The van der Waals surface area contributed by atoms with Crippen LogP contribution in [0.25, 0.3) is 0 Å². The van der Waals surface area contributed by atoms with Gasteiger partial charge in [-0.3, -0.25) is 9.59 Å². The number of carbonyl (C=O) groups is 2. The van der Waals surface area contributed by atoms with E-state index in [0.717, 1.165) is 19.4 Å². The molecular weight excluding hydrogens is 268 g/mol. The highest BCUT2D eigenvalue weighted by atomic mass is 16.5. The van der Waals surface area contributed by atoms with Gasteiger partial charge in [0.05, 0.1) is 18.3 Å². The van der Waals surface area contributed by atoms with E-state index in [9.17, 15) is 9.59 Å². The van der Waals surface area contributed by atoms with Gasteiger partial charge in [-0.1, -0.05) is 0 Å². The van der Waals surface area contributed by atoms with E-state index >= 15 is 0 Å². The maximum Gasteiger partial charge on any atom is 0.224 e. The topological polar surface area (TPSA) is 58.6 Å². The molecule has 1 amide bonds. The van der Waals surface area contributed by atoms with Gasteiger partial charge in [0.15, 0.2) is 5.78 Å². The van der Waals surface area contributed by atoms with Gasteiger partial charge in [-0.2, -0.15) is 0 Å². The molecular formula is C16H20N2O3. The number of anilines is 1. The van der Waals surface area contributed by atoms with Crippen molar-refractivity contribution < 1.29 is 14.3 Å². The van der Waals surface area contributed by atoms with Gasteiger partial charge in [0.25, 0.3) is 0 Å². The summed E-state index contributed by atoms with van der Waals surface area (Å²) in [7, 11) is 0. The number of nitrogens with one attached hydrogen (secondary N) is 1. The van der Waals surface area contributed by atoms with Crippen LogP contribution in [-0.2, 0) is 4.79 Å². The minimum Gasteiger partial charge on any atom is -0.487 e. The molecule has 0 saturated carbocycles. The summed E-state index contributed by atoms with van der Waals surface area (Å²) in [5.74, 6) is 0.729. The lowest BCUT2D eigenvalue weighted by Gasteiger charge is -2.33. The third kappa shape index (κ3) is 2.65. The Kier molecular flexibility index (Phi) is 3.68. The lowest BCUT2D eigenvalue weighted by molar-refractivity contribution is -0.117. The first-order valence-corrected chi connectivity index (χ1v) is 7.42. The highest BCUT2D eigenvalue weighted by molar-refractivity contribution is 6.03. The summed E-state index contributed by atoms with van der Waals surface area (Å²) >= 11 is 0. The third-order valence-electron chi connectivity index (χ3n) is 4.06. The van der Waals surface area contributed by atoms with E-state index < -0.39 is 0 Å². The number of benzene rings is 1. The van der Waals surface area contributed by atoms with Crippen molar-refractivity contribution in [1.29, 1.82) is 0 Å². The lowest BCUT2D eigenvalue weighted by atomic mass is 10.0. The lowest BCUT2D eigenvalue weighted by Crippen LogP contribution is -2.41. The summed E-state index contributed by atoms with van der Waals surface area (Å²) in [6.45, 7) is 4.87. The molecule has 2 aliphatic rings. The van der Waals surface area contributed by atoms with Crippen molar-refractivity contribution in [2.45, 2.75) is 38.8 Å². The predicted molar refractivity (Wildman–Crippen MR) is 79.9 cm³/mol. The van der Waals surface area contributed by atoms with Crippen LogP contribution in [0.4, 0.5) is 5.69 Å². The monoisotopic (exact) mass is 288 g/mol. The quantitative estimate of drug-likeness (QED) is 0.842. The Balaban J connectivity index is 1.94. The van der Waals surface area contributed by atoms with Gasteiger partial charge in [0, 0.05) is 12.5 Å². The second-order valence-corrected chi connectivity index (χ2v) is 5.75. The molecule has 2 atom stereocenters. The molecule has 3 rings (SSSR count). The normalized spacial score (nSPS) is 24.4. The van der Waals surface area contributed by atoms with Crippen molar-refractivity contribution in [3.8, 4) is 5.75 Å². The molecule has 2 unspecified atom stereocenters. The van der Waals surface area contributed by atoms with Crippen LogP contribution in [0.5, 0.6) is 5.75 Å². The van der Waals surface area contributed by atoms with E-state index in [2.05, 4.69) is 5.32 Å². The van der Waals surface area contributed by atoms with Crippen molar-refractivity contribution in [2.75, 3.05) is 18.0 Å². The molecule has 2 heterocycles. The number of hydrogen-bond donors (Lipinski definition) is 1. The molecule has 1 fully saturated rings. The first kappa shape index (κ1) is 14.1. The third-order valence-corrected chi connectivity index (χ3v) is 4.06. The molecule has 1 saturated heterocycles. The van der Waals surface area contributed by atoms with Crippen LogP contribution >= 0.6 is 0 Å². The molecule has 0 aromatic heterocycles. The van der Waals surface area contributed by atoms with Crippen LogP contribution in [0.3, 0.4) is 0 Å². The Morgan fingerprint density at radius 2 is 2.19 bits per heavy atom. The molecule has 2 aliphatic heterocycles. The van der Waals surface area contributed by atoms with Gasteiger partial charge in [-0.05, 0) is 44.5 Å². The predicted octanol–water partition coefficient (Wildman–Crippen LogP) is 1.76. The van der Waals surface area contributed by atoms with E-state index in [4.69, 9.17) is 4.74 Å². The highest BCUT2D eigenvalue weighted by Crippen LogP contribution is 2.34. The average molecular weight is 288 g/mol. The first-order valence-electron chi connectivity index (χ1n) is 7.42. The number of rotatable bonds is 2. The van der Waals surface area contributed by atoms with Gasteiger partial charge in [-0.15, -0.1) is 0 Å². The Labute approximate surface area is 124 Å². The maximum atomic E-state index is 12.5. The fraction of sp³-hybridized carbons (Fsp3) is 0.500. The second-order valence-electron chi connectivity index (χ2n) is 5.75. The summed E-state index contributed by atoms with van der Waals surface area (Å²) in [5, 5.41) is 3.21. The molecule has 1 aromatic rings. The number of ketones is 1. The van der Waals surface area contributed by atoms with Crippen LogP contribution in [-0.4, -0.2) is 36.9 Å². The fourth-order valence-corrected chi connectivity index (χ4v) is 3.00. The van der Waals surface area contributed by atoms with Crippen LogP contribution in [0.1, 0.15) is 37.0 Å². The molecule has 112 valence electrons. The van der Waals surface area contributed by atoms with Crippen molar-refractivity contribution in [1.82, 2.24) is 5.32 Å². The summed E-state index contributed by atoms with van der Waals surface area (Å²) in [4.78, 5) is 26.0. The molecule has 21 heavy (non-hydrogen) atoms. The number of fused-ring (bicyclic) bond motifs is 1. The summed E-state index contributed by atoms with van der Waals surface area (Å²) in [5.41, 5.74) is 1.34. The number of carbonyl (C=O) groups excluding carboxylic acids is 2. The van der Waals surface area contributed by atoms with Gasteiger partial charge >= 0.3 is 0 Å².